The highest BCUT2D eigenvalue weighted by Gasteiger charge is 2.27. The van der Waals surface area contributed by atoms with Crippen molar-refractivity contribution >= 4 is 11.6 Å². The second kappa shape index (κ2) is 6.58. The first-order chi connectivity index (χ1) is 10.4. The quantitative estimate of drug-likeness (QED) is 0.909. The maximum Gasteiger partial charge on any atom is 0.241 e. The molecule has 2 rings (SSSR count). The van der Waals surface area contributed by atoms with Gasteiger partial charge in [0.15, 0.2) is 0 Å². The molecule has 0 saturated carbocycles. The van der Waals surface area contributed by atoms with Crippen molar-refractivity contribution in [3.63, 3.8) is 0 Å². The fourth-order valence-corrected chi connectivity index (χ4v) is 1.74. The number of amides is 1. The molecule has 1 amide bonds. The number of benzene rings is 1. The van der Waals surface area contributed by atoms with Gasteiger partial charge in [-0.15, -0.1) is 0 Å². The lowest BCUT2D eigenvalue weighted by Gasteiger charge is -2.25. The first kappa shape index (κ1) is 16.0. The van der Waals surface area contributed by atoms with Crippen LogP contribution in [0.1, 0.15) is 20.8 Å². The van der Waals surface area contributed by atoms with Crippen LogP contribution in [0.3, 0.4) is 0 Å². The summed E-state index contributed by atoms with van der Waals surface area (Å²) in [6, 6.07) is 12.2. The number of nitrogens with one attached hydrogen (secondary N) is 1. The summed E-state index contributed by atoms with van der Waals surface area (Å²) < 4.78 is 5.59. The molecule has 1 aromatic heterocycles. The van der Waals surface area contributed by atoms with Gasteiger partial charge < -0.3 is 15.8 Å². The molecule has 0 radical (unpaired) electrons. The minimum absolute atomic E-state index is 0.231. The summed E-state index contributed by atoms with van der Waals surface area (Å²) in [7, 11) is 0. The Hall–Kier alpha value is -2.40. The van der Waals surface area contributed by atoms with E-state index in [0.717, 1.165) is 0 Å². The minimum Gasteiger partial charge on any atom is -0.439 e. The molecule has 0 aliphatic carbocycles. The Balaban J connectivity index is 1.99. The van der Waals surface area contributed by atoms with Crippen LogP contribution in [0.4, 0.5) is 5.69 Å². The molecular weight excluding hydrogens is 278 g/mol. The Kier molecular flexibility index (Phi) is 4.78. The number of rotatable bonds is 4. The van der Waals surface area contributed by atoms with Crippen LogP contribution in [-0.2, 0) is 4.79 Å². The monoisotopic (exact) mass is 299 g/mol. The van der Waals surface area contributed by atoms with Gasteiger partial charge in [0.1, 0.15) is 5.75 Å². The van der Waals surface area contributed by atoms with Crippen LogP contribution in [0.25, 0.3) is 0 Å². The molecule has 5 heteroatoms. The summed E-state index contributed by atoms with van der Waals surface area (Å²) in [5, 5.41) is 2.76. The number of hydrogen-bond acceptors (Lipinski definition) is 4. The van der Waals surface area contributed by atoms with E-state index in [1.807, 2.05) is 51.1 Å². The fraction of sp³-hybridized carbons (Fsp3) is 0.294. The number of carbonyl (C=O) groups is 1. The van der Waals surface area contributed by atoms with Crippen molar-refractivity contribution < 1.29 is 9.53 Å². The van der Waals surface area contributed by atoms with E-state index < -0.39 is 6.04 Å². The smallest absolute Gasteiger partial charge is 0.241 e. The van der Waals surface area contributed by atoms with Crippen molar-refractivity contribution in [2.24, 2.45) is 11.1 Å². The minimum atomic E-state index is -0.590. The summed E-state index contributed by atoms with van der Waals surface area (Å²) in [6.07, 6.45) is 1.55. The highest BCUT2D eigenvalue weighted by atomic mass is 16.5. The van der Waals surface area contributed by atoms with Crippen molar-refractivity contribution in [1.29, 1.82) is 0 Å². The highest BCUT2D eigenvalue weighted by molar-refractivity contribution is 5.95. The lowest BCUT2D eigenvalue weighted by molar-refractivity contribution is -0.119. The molecule has 0 saturated heterocycles. The third-order valence-corrected chi connectivity index (χ3v) is 3.18. The number of hydrogen-bond donors (Lipinski definition) is 2. The molecule has 2 aromatic rings. The standard InChI is InChI=1S/C17H21N3O2/c1-17(2,3)15(18)16(21)20-12-9-10-14(19-11-12)22-13-7-5-4-6-8-13/h4-11,15H,18H2,1-3H3,(H,20,21)/t15-/m1/s1. The van der Waals surface area contributed by atoms with Gasteiger partial charge in [0.2, 0.25) is 11.8 Å². The number of nitrogens with two attached hydrogens (primary N) is 1. The number of ether oxygens (including phenoxy) is 1. The van der Waals surface area contributed by atoms with E-state index in [-0.39, 0.29) is 11.3 Å². The Morgan fingerprint density at radius 1 is 1.18 bits per heavy atom. The Morgan fingerprint density at radius 3 is 2.41 bits per heavy atom. The molecule has 1 aromatic carbocycles. The van der Waals surface area contributed by atoms with E-state index in [1.165, 1.54) is 0 Å². The van der Waals surface area contributed by atoms with Crippen LogP contribution < -0.4 is 15.8 Å². The lowest BCUT2D eigenvalue weighted by Crippen LogP contribution is -2.45. The second-order valence-corrected chi connectivity index (χ2v) is 6.13. The van der Waals surface area contributed by atoms with Gasteiger partial charge in [0.05, 0.1) is 17.9 Å². The first-order valence-corrected chi connectivity index (χ1v) is 7.11. The van der Waals surface area contributed by atoms with E-state index in [0.29, 0.717) is 17.3 Å². The summed E-state index contributed by atoms with van der Waals surface area (Å²) in [4.78, 5) is 16.2. The van der Waals surface area contributed by atoms with Crippen LogP contribution in [0, 0.1) is 5.41 Å². The molecule has 1 atom stereocenters. The van der Waals surface area contributed by atoms with E-state index in [1.54, 1.807) is 18.3 Å². The van der Waals surface area contributed by atoms with E-state index in [4.69, 9.17) is 10.5 Å². The van der Waals surface area contributed by atoms with Gasteiger partial charge in [0, 0.05) is 6.07 Å². The zero-order valence-corrected chi connectivity index (χ0v) is 13.0. The van der Waals surface area contributed by atoms with Gasteiger partial charge in [0.25, 0.3) is 0 Å². The summed E-state index contributed by atoms with van der Waals surface area (Å²) in [5.41, 5.74) is 6.21. The molecule has 0 aliphatic heterocycles. The highest BCUT2D eigenvalue weighted by Crippen LogP contribution is 2.21. The van der Waals surface area contributed by atoms with Gasteiger partial charge >= 0.3 is 0 Å². The number of para-hydroxylation sites is 1. The van der Waals surface area contributed by atoms with Crippen LogP contribution in [0.2, 0.25) is 0 Å². The van der Waals surface area contributed by atoms with Crippen molar-refractivity contribution in [1.82, 2.24) is 4.98 Å². The number of anilines is 1. The van der Waals surface area contributed by atoms with E-state index >= 15 is 0 Å². The molecule has 0 spiro atoms. The van der Waals surface area contributed by atoms with Crippen molar-refractivity contribution in [2.75, 3.05) is 5.32 Å². The van der Waals surface area contributed by atoms with E-state index in [9.17, 15) is 4.79 Å². The second-order valence-electron chi connectivity index (χ2n) is 6.13. The summed E-state index contributed by atoms with van der Waals surface area (Å²) in [6.45, 7) is 5.77. The Labute approximate surface area is 130 Å². The van der Waals surface area contributed by atoms with Crippen molar-refractivity contribution in [2.45, 2.75) is 26.8 Å². The van der Waals surface area contributed by atoms with Crippen molar-refractivity contribution in [3.8, 4) is 11.6 Å². The van der Waals surface area contributed by atoms with E-state index in [2.05, 4.69) is 10.3 Å². The molecule has 22 heavy (non-hydrogen) atoms. The Bertz CT molecular complexity index is 619. The average molecular weight is 299 g/mol. The Morgan fingerprint density at radius 2 is 1.86 bits per heavy atom. The number of carbonyl (C=O) groups excluding carboxylic acids is 1. The molecule has 3 N–H and O–H groups in total. The molecule has 0 unspecified atom stereocenters. The molecule has 0 bridgehead atoms. The molecule has 0 aliphatic rings. The maximum absolute atomic E-state index is 12.0. The molecule has 0 fully saturated rings. The van der Waals surface area contributed by atoms with Crippen LogP contribution >= 0.6 is 0 Å². The molecule has 116 valence electrons. The predicted molar refractivity (Wildman–Crippen MR) is 86.8 cm³/mol. The SMILES string of the molecule is CC(C)(C)[C@H](N)C(=O)Nc1ccc(Oc2ccccc2)nc1. The zero-order chi connectivity index (χ0) is 16.2. The maximum atomic E-state index is 12.0. The lowest BCUT2D eigenvalue weighted by atomic mass is 9.87. The third kappa shape index (κ3) is 4.30. The van der Waals surface area contributed by atoms with Gasteiger partial charge in [-0.3, -0.25) is 4.79 Å². The third-order valence-electron chi connectivity index (χ3n) is 3.18. The molecule has 1 heterocycles. The first-order valence-electron chi connectivity index (χ1n) is 7.11. The van der Waals surface area contributed by atoms with Gasteiger partial charge in [-0.25, -0.2) is 4.98 Å². The molecule has 5 nitrogen and oxygen atoms in total. The summed E-state index contributed by atoms with van der Waals surface area (Å²) in [5.74, 6) is 0.942. The van der Waals surface area contributed by atoms with Crippen molar-refractivity contribution in [3.05, 3.63) is 48.7 Å². The predicted octanol–water partition coefficient (Wildman–Crippen LogP) is 3.19. The number of aromatic nitrogens is 1. The number of nitrogens with zero attached hydrogens (tertiary/aromatic N) is 1. The van der Waals surface area contributed by atoms with Gasteiger partial charge in [-0.05, 0) is 23.6 Å². The number of pyridine rings is 1. The molecular formula is C17H21N3O2. The zero-order valence-electron chi connectivity index (χ0n) is 13.0. The average Bonchev–Trinajstić information content (AvgIpc) is 2.48. The summed E-state index contributed by atoms with van der Waals surface area (Å²) >= 11 is 0. The van der Waals surface area contributed by atoms with Crippen LogP contribution in [0.15, 0.2) is 48.7 Å². The topological polar surface area (TPSA) is 77.2 Å². The van der Waals surface area contributed by atoms with Gasteiger partial charge in [-0.2, -0.15) is 0 Å². The van der Waals surface area contributed by atoms with Gasteiger partial charge in [-0.1, -0.05) is 39.0 Å². The normalized spacial score (nSPS) is 12.5. The van der Waals surface area contributed by atoms with Crippen LogP contribution in [0.5, 0.6) is 11.6 Å². The fourth-order valence-electron chi connectivity index (χ4n) is 1.74. The van der Waals surface area contributed by atoms with Crippen LogP contribution in [-0.4, -0.2) is 16.9 Å². The largest absolute Gasteiger partial charge is 0.439 e.